The van der Waals surface area contributed by atoms with E-state index in [1.54, 1.807) is 14.2 Å². The molecule has 0 aliphatic heterocycles. The molecule has 0 saturated heterocycles. The van der Waals surface area contributed by atoms with E-state index in [-0.39, 0.29) is 12.6 Å². The summed E-state index contributed by atoms with van der Waals surface area (Å²) in [6, 6.07) is 6.34. The van der Waals surface area contributed by atoms with Gasteiger partial charge in [0, 0.05) is 25.6 Å². The number of aliphatic hydroxyl groups excluding tert-OH is 1. The smallest absolute Gasteiger partial charge is 0.305 e. The maximum atomic E-state index is 11.4. The summed E-state index contributed by atoms with van der Waals surface area (Å²) in [5.74, 6) is 1.15. The monoisotopic (exact) mass is 351 g/mol. The molecule has 0 aromatic heterocycles. The van der Waals surface area contributed by atoms with E-state index in [4.69, 9.17) is 14.2 Å². The van der Waals surface area contributed by atoms with E-state index >= 15 is 0 Å². The van der Waals surface area contributed by atoms with Crippen LogP contribution in [-0.2, 0) is 16.1 Å². The molecule has 1 saturated carbocycles. The zero-order valence-electron chi connectivity index (χ0n) is 15.4. The lowest BCUT2D eigenvalue weighted by Crippen LogP contribution is -2.36. The molecule has 2 rings (SSSR count). The summed E-state index contributed by atoms with van der Waals surface area (Å²) < 4.78 is 15.7. The molecule has 1 aliphatic rings. The number of ether oxygens (including phenoxy) is 3. The Labute approximate surface area is 149 Å². The topological polar surface area (TPSA) is 68.2 Å². The number of hydrogen-bond acceptors (Lipinski definition) is 6. The lowest BCUT2D eigenvalue weighted by Gasteiger charge is -2.25. The molecule has 1 atom stereocenters. The number of rotatable bonds is 11. The SMILES string of the molecule is CCCC(=O)OCC(O)CN(Cc1ccc(OC)c(OC)c1)C1CC1. The largest absolute Gasteiger partial charge is 0.493 e. The Kier molecular flexibility index (Phi) is 7.52. The second kappa shape index (κ2) is 9.63. The molecule has 1 aromatic rings. The second-order valence-corrected chi connectivity index (χ2v) is 6.44. The Hall–Kier alpha value is -1.79. The Balaban J connectivity index is 1.91. The van der Waals surface area contributed by atoms with Gasteiger partial charge in [-0.1, -0.05) is 13.0 Å². The summed E-state index contributed by atoms with van der Waals surface area (Å²) in [6.07, 6.45) is 2.74. The molecule has 1 N–H and O–H groups in total. The molecule has 1 aromatic carbocycles. The van der Waals surface area contributed by atoms with Gasteiger partial charge in [-0.15, -0.1) is 0 Å². The van der Waals surface area contributed by atoms with Crippen molar-refractivity contribution in [3.63, 3.8) is 0 Å². The molecule has 0 bridgehead atoms. The van der Waals surface area contributed by atoms with Crippen LogP contribution in [-0.4, -0.2) is 55.5 Å². The van der Waals surface area contributed by atoms with Crippen molar-refractivity contribution in [3.05, 3.63) is 23.8 Å². The first-order valence-electron chi connectivity index (χ1n) is 8.86. The highest BCUT2D eigenvalue weighted by molar-refractivity contribution is 5.69. The number of aliphatic hydroxyl groups is 1. The molecule has 1 aliphatic carbocycles. The number of hydrogen-bond donors (Lipinski definition) is 1. The highest BCUT2D eigenvalue weighted by Gasteiger charge is 2.30. The van der Waals surface area contributed by atoms with Crippen LogP contribution in [0.3, 0.4) is 0 Å². The van der Waals surface area contributed by atoms with Crippen molar-refractivity contribution in [1.82, 2.24) is 4.90 Å². The van der Waals surface area contributed by atoms with Crippen molar-refractivity contribution in [1.29, 1.82) is 0 Å². The van der Waals surface area contributed by atoms with Crippen LogP contribution in [0.4, 0.5) is 0 Å². The third kappa shape index (κ3) is 6.21. The lowest BCUT2D eigenvalue weighted by molar-refractivity contribution is -0.147. The van der Waals surface area contributed by atoms with E-state index in [1.807, 2.05) is 25.1 Å². The van der Waals surface area contributed by atoms with Crippen LogP contribution in [0.15, 0.2) is 18.2 Å². The molecular formula is C19H29NO5. The zero-order chi connectivity index (χ0) is 18.2. The fourth-order valence-electron chi connectivity index (χ4n) is 2.78. The minimum absolute atomic E-state index is 0.0496. The number of benzene rings is 1. The minimum Gasteiger partial charge on any atom is -0.493 e. The third-order valence-corrected chi connectivity index (χ3v) is 4.23. The molecular weight excluding hydrogens is 322 g/mol. The van der Waals surface area contributed by atoms with E-state index in [0.717, 1.165) is 24.8 Å². The Morgan fingerprint density at radius 3 is 2.60 bits per heavy atom. The predicted molar refractivity (Wildman–Crippen MR) is 94.9 cm³/mol. The summed E-state index contributed by atoms with van der Waals surface area (Å²) >= 11 is 0. The molecule has 0 amide bonds. The summed E-state index contributed by atoms with van der Waals surface area (Å²) in [6.45, 7) is 3.17. The Morgan fingerprint density at radius 1 is 1.28 bits per heavy atom. The molecule has 0 spiro atoms. The van der Waals surface area contributed by atoms with Gasteiger partial charge in [-0.25, -0.2) is 0 Å². The standard InChI is InChI=1S/C19H29NO5/c1-4-5-19(22)25-13-16(21)12-20(15-7-8-15)11-14-6-9-17(23-2)18(10-14)24-3/h6,9-10,15-16,21H,4-5,7-8,11-13H2,1-3H3. The van der Waals surface area contributed by atoms with Crippen LogP contribution in [0.2, 0.25) is 0 Å². The number of nitrogens with zero attached hydrogens (tertiary/aromatic N) is 1. The molecule has 1 fully saturated rings. The van der Waals surface area contributed by atoms with Gasteiger partial charge in [0.25, 0.3) is 0 Å². The van der Waals surface area contributed by atoms with E-state index in [2.05, 4.69) is 4.90 Å². The molecule has 6 nitrogen and oxygen atoms in total. The molecule has 1 unspecified atom stereocenters. The van der Waals surface area contributed by atoms with E-state index in [0.29, 0.717) is 37.1 Å². The number of methoxy groups -OCH3 is 2. The maximum Gasteiger partial charge on any atom is 0.305 e. The van der Waals surface area contributed by atoms with Gasteiger partial charge in [-0.3, -0.25) is 9.69 Å². The second-order valence-electron chi connectivity index (χ2n) is 6.44. The van der Waals surface area contributed by atoms with Crippen LogP contribution >= 0.6 is 0 Å². The molecule has 140 valence electrons. The van der Waals surface area contributed by atoms with Gasteiger partial charge >= 0.3 is 5.97 Å². The van der Waals surface area contributed by atoms with E-state index < -0.39 is 6.10 Å². The van der Waals surface area contributed by atoms with E-state index in [9.17, 15) is 9.90 Å². The average Bonchev–Trinajstić information content (AvgIpc) is 3.44. The molecule has 6 heteroatoms. The number of esters is 1. The fourth-order valence-corrected chi connectivity index (χ4v) is 2.78. The first-order valence-corrected chi connectivity index (χ1v) is 8.86. The quantitative estimate of drug-likeness (QED) is 0.618. The van der Waals surface area contributed by atoms with Crippen molar-refractivity contribution >= 4 is 5.97 Å². The van der Waals surface area contributed by atoms with Gasteiger partial charge in [-0.05, 0) is 37.0 Å². The predicted octanol–water partition coefficient (Wildman–Crippen LogP) is 2.37. The van der Waals surface area contributed by atoms with Crippen LogP contribution in [0.1, 0.15) is 38.2 Å². The lowest BCUT2D eigenvalue weighted by atomic mass is 10.1. The van der Waals surface area contributed by atoms with Crippen molar-refractivity contribution in [2.75, 3.05) is 27.4 Å². The van der Waals surface area contributed by atoms with E-state index in [1.165, 1.54) is 0 Å². The number of carbonyl (C=O) groups excluding carboxylic acids is 1. The van der Waals surface area contributed by atoms with Gasteiger partial charge in [-0.2, -0.15) is 0 Å². The van der Waals surface area contributed by atoms with Crippen LogP contribution in [0.5, 0.6) is 11.5 Å². The normalized spacial score (nSPS) is 15.1. The summed E-state index contributed by atoms with van der Waals surface area (Å²) in [5.41, 5.74) is 1.10. The Bertz CT molecular complexity index is 559. The minimum atomic E-state index is -0.679. The summed E-state index contributed by atoms with van der Waals surface area (Å²) in [5, 5.41) is 10.2. The third-order valence-electron chi connectivity index (χ3n) is 4.23. The van der Waals surface area contributed by atoms with Gasteiger partial charge in [0.15, 0.2) is 11.5 Å². The van der Waals surface area contributed by atoms with Crippen molar-refractivity contribution < 1.29 is 24.1 Å². The zero-order valence-corrected chi connectivity index (χ0v) is 15.4. The van der Waals surface area contributed by atoms with Crippen molar-refractivity contribution in [2.24, 2.45) is 0 Å². The van der Waals surface area contributed by atoms with Crippen LogP contribution in [0.25, 0.3) is 0 Å². The summed E-state index contributed by atoms with van der Waals surface area (Å²) in [7, 11) is 3.24. The van der Waals surface area contributed by atoms with Gasteiger partial charge < -0.3 is 19.3 Å². The first-order chi connectivity index (χ1) is 12.1. The Morgan fingerprint density at radius 2 is 2.00 bits per heavy atom. The van der Waals surface area contributed by atoms with Crippen molar-refractivity contribution in [2.45, 2.75) is 51.3 Å². The summed E-state index contributed by atoms with van der Waals surface area (Å²) in [4.78, 5) is 13.7. The van der Waals surface area contributed by atoms with Gasteiger partial charge in [0.2, 0.25) is 0 Å². The fraction of sp³-hybridized carbons (Fsp3) is 0.632. The van der Waals surface area contributed by atoms with Gasteiger partial charge in [0.1, 0.15) is 12.7 Å². The highest BCUT2D eigenvalue weighted by atomic mass is 16.5. The molecule has 0 heterocycles. The molecule has 25 heavy (non-hydrogen) atoms. The molecule has 0 radical (unpaired) electrons. The average molecular weight is 351 g/mol. The number of carbonyl (C=O) groups is 1. The van der Waals surface area contributed by atoms with Crippen LogP contribution < -0.4 is 9.47 Å². The van der Waals surface area contributed by atoms with Crippen LogP contribution in [0, 0.1) is 0 Å². The maximum absolute atomic E-state index is 11.4. The first kappa shape index (κ1) is 19.5. The highest BCUT2D eigenvalue weighted by Crippen LogP contribution is 2.31. The van der Waals surface area contributed by atoms with Crippen molar-refractivity contribution in [3.8, 4) is 11.5 Å². The van der Waals surface area contributed by atoms with Gasteiger partial charge in [0.05, 0.1) is 14.2 Å².